The van der Waals surface area contributed by atoms with Crippen molar-refractivity contribution in [2.24, 2.45) is 0 Å². The fraction of sp³-hybridized carbons (Fsp3) is 0.154. The van der Waals surface area contributed by atoms with Gasteiger partial charge in [-0.3, -0.25) is 19.4 Å². The topological polar surface area (TPSA) is 90.3 Å². The number of aryl methyl sites for hydroxylation is 1. The van der Waals surface area contributed by atoms with Crippen LogP contribution in [-0.4, -0.2) is 27.8 Å². The van der Waals surface area contributed by atoms with Crippen LogP contribution < -0.4 is 15.5 Å². The highest BCUT2D eigenvalue weighted by Crippen LogP contribution is 2.24. The van der Waals surface area contributed by atoms with Crippen molar-refractivity contribution >= 4 is 28.3 Å². The lowest BCUT2D eigenvalue weighted by atomic mass is 10.0. The van der Waals surface area contributed by atoms with Gasteiger partial charge in [0.15, 0.2) is 5.78 Å². The Morgan fingerprint density at radius 1 is 1.06 bits per heavy atom. The van der Waals surface area contributed by atoms with Crippen molar-refractivity contribution < 1.29 is 14.3 Å². The van der Waals surface area contributed by atoms with E-state index in [1.165, 1.54) is 18.6 Å². The molecule has 0 aliphatic carbocycles. The first kappa shape index (κ1) is 22.0. The Morgan fingerprint density at radius 2 is 1.82 bits per heavy atom. The van der Waals surface area contributed by atoms with Crippen LogP contribution in [0, 0.1) is 6.92 Å². The summed E-state index contributed by atoms with van der Waals surface area (Å²) in [5, 5.41) is 3.25. The molecule has 0 saturated heterocycles. The summed E-state index contributed by atoms with van der Waals surface area (Å²) in [7, 11) is 0. The molecule has 0 atom stereocenters. The second-order valence-corrected chi connectivity index (χ2v) is 7.56. The zero-order valence-corrected chi connectivity index (χ0v) is 18.4. The highest BCUT2D eigenvalue weighted by molar-refractivity contribution is 6.10. The monoisotopic (exact) mass is 441 g/mol. The van der Waals surface area contributed by atoms with E-state index in [2.05, 4.69) is 10.3 Å². The van der Waals surface area contributed by atoms with Crippen LogP contribution in [0.2, 0.25) is 0 Å². The van der Waals surface area contributed by atoms with E-state index in [1.807, 2.05) is 26.0 Å². The summed E-state index contributed by atoms with van der Waals surface area (Å²) in [5.74, 6) is -0.154. The molecule has 4 aromatic rings. The maximum atomic E-state index is 13.2. The molecule has 166 valence electrons. The van der Waals surface area contributed by atoms with Gasteiger partial charge in [0.25, 0.3) is 0 Å². The minimum atomic E-state index is -0.415. The van der Waals surface area contributed by atoms with Crippen LogP contribution in [0.1, 0.15) is 28.4 Å². The van der Waals surface area contributed by atoms with Crippen LogP contribution >= 0.6 is 0 Å². The summed E-state index contributed by atoms with van der Waals surface area (Å²) in [5.41, 5.74) is 2.00. The van der Waals surface area contributed by atoms with Crippen molar-refractivity contribution in [2.45, 2.75) is 20.4 Å². The number of nitrogens with zero attached hydrogens (tertiary/aromatic N) is 2. The molecule has 7 heteroatoms. The predicted octanol–water partition coefficient (Wildman–Crippen LogP) is 3.97. The van der Waals surface area contributed by atoms with E-state index in [9.17, 15) is 14.4 Å². The number of carbonyl (C=O) groups excluding carboxylic acids is 2. The first-order chi connectivity index (χ1) is 16.0. The van der Waals surface area contributed by atoms with Crippen LogP contribution in [0.5, 0.6) is 5.75 Å². The van der Waals surface area contributed by atoms with Crippen molar-refractivity contribution in [3.05, 3.63) is 100 Å². The number of para-hydroxylation sites is 2. The van der Waals surface area contributed by atoms with Crippen LogP contribution in [0.25, 0.3) is 10.9 Å². The number of carbonyl (C=O) groups is 2. The summed E-state index contributed by atoms with van der Waals surface area (Å²) in [6, 6.07) is 15.7. The zero-order chi connectivity index (χ0) is 23.4. The highest BCUT2D eigenvalue weighted by atomic mass is 16.5. The van der Waals surface area contributed by atoms with Gasteiger partial charge < -0.3 is 14.6 Å². The zero-order valence-electron chi connectivity index (χ0n) is 18.4. The minimum absolute atomic E-state index is 0.00168. The van der Waals surface area contributed by atoms with Gasteiger partial charge in [-0.05, 0) is 50.2 Å². The van der Waals surface area contributed by atoms with E-state index in [1.54, 1.807) is 47.0 Å². The number of hydrogen-bond acceptors (Lipinski definition) is 5. The molecule has 2 aromatic heterocycles. The van der Waals surface area contributed by atoms with E-state index in [4.69, 9.17) is 4.74 Å². The predicted molar refractivity (Wildman–Crippen MR) is 127 cm³/mol. The van der Waals surface area contributed by atoms with Crippen LogP contribution in [0.15, 0.2) is 78.0 Å². The Hall–Kier alpha value is -4.26. The number of ether oxygens (including phenoxy) is 1. The number of pyridine rings is 2. The molecule has 0 unspecified atom stereocenters. The molecule has 0 aliphatic heterocycles. The van der Waals surface area contributed by atoms with Gasteiger partial charge in [0.05, 0.1) is 23.4 Å². The average Bonchev–Trinajstić information content (AvgIpc) is 2.82. The Bertz CT molecular complexity index is 1390. The molecule has 0 fully saturated rings. The molecule has 33 heavy (non-hydrogen) atoms. The fourth-order valence-corrected chi connectivity index (χ4v) is 3.66. The summed E-state index contributed by atoms with van der Waals surface area (Å²) in [6.07, 6.45) is 4.46. The largest absolute Gasteiger partial charge is 0.492 e. The first-order valence-corrected chi connectivity index (χ1v) is 10.6. The van der Waals surface area contributed by atoms with Gasteiger partial charge in [-0.25, -0.2) is 0 Å². The molecule has 0 bridgehead atoms. The third kappa shape index (κ3) is 4.67. The van der Waals surface area contributed by atoms with Gasteiger partial charge in [-0.2, -0.15) is 0 Å². The fourth-order valence-electron chi connectivity index (χ4n) is 3.66. The van der Waals surface area contributed by atoms with Gasteiger partial charge in [-0.15, -0.1) is 0 Å². The molecule has 0 saturated carbocycles. The van der Waals surface area contributed by atoms with Crippen LogP contribution in [0.3, 0.4) is 0 Å². The second-order valence-electron chi connectivity index (χ2n) is 7.56. The van der Waals surface area contributed by atoms with Gasteiger partial charge in [0, 0.05) is 29.5 Å². The minimum Gasteiger partial charge on any atom is -0.492 e. The van der Waals surface area contributed by atoms with Crippen LogP contribution in [-0.2, 0) is 11.3 Å². The molecule has 0 aliphatic rings. The summed E-state index contributed by atoms with van der Waals surface area (Å²) in [6.45, 7) is 4.13. The number of anilines is 1. The Balaban J connectivity index is 1.74. The third-order valence-corrected chi connectivity index (χ3v) is 5.20. The van der Waals surface area contributed by atoms with Gasteiger partial charge in [0.2, 0.25) is 11.3 Å². The quantitative estimate of drug-likeness (QED) is 0.438. The summed E-state index contributed by atoms with van der Waals surface area (Å²) in [4.78, 5) is 43.1. The maximum Gasteiger partial charge on any atom is 0.244 e. The van der Waals surface area contributed by atoms with E-state index in [0.717, 1.165) is 5.56 Å². The molecule has 0 spiro atoms. The van der Waals surface area contributed by atoms with Crippen LogP contribution in [0.4, 0.5) is 5.69 Å². The maximum absolute atomic E-state index is 13.2. The Labute approximate surface area is 190 Å². The highest BCUT2D eigenvalue weighted by Gasteiger charge is 2.18. The molecule has 1 amide bonds. The Morgan fingerprint density at radius 3 is 2.58 bits per heavy atom. The molecule has 7 nitrogen and oxygen atoms in total. The Kier molecular flexibility index (Phi) is 6.31. The van der Waals surface area contributed by atoms with Crippen molar-refractivity contribution in [1.82, 2.24) is 9.55 Å². The SMILES string of the molecule is CCOc1ccccc1NC(=O)Cn1cc(C(=O)c2ccncc2)c(=O)c2cc(C)ccc21. The van der Waals surface area contributed by atoms with Crippen molar-refractivity contribution in [2.75, 3.05) is 11.9 Å². The van der Waals surface area contributed by atoms with E-state index in [0.29, 0.717) is 34.5 Å². The molecular weight excluding hydrogens is 418 g/mol. The molecule has 4 rings (SSSR count). The standard InChI is InChI=1S/C26H23N3O4/c1-3-33-23-7-5-4-6-21(23)28-24(30)16-29-15-20(25(31)18-10-12-27-13-11-18)26(32)19-14-17(2)8-9-22(19)29/h4-15H,3,16H2,1-2H3,(H,28,30). The van der Waals surface area contributed by atoms with E-state index < -0.39 is 5.78 Å². The first-order valence-electron chi connectivity index (χ1n) is 10.6. The summed E-state index contributed by atoms with van der Waals surface area (Å²) < 4.78 is 7.20. The van der Waals surface area contributed by atoms with Gasteiger partial charge in [-0.1, -0.05) is 23.8 Å². The summed E-state index contributed by atoms with van der Waals surface area (Å²) >= 11 is 0. The van der Waals surface area contributed by atoms with Crippen molar-refractivity contribution in [3.63, 3.8) is 0 Å². The molecular formula is C26H23N3O4. The number of aromatic nitrogens is 2. The number of fused-ring (bicyclic) bond motifs is 1. The second kappa shape index (κ2) is 9.48. The number of rotatable bonds is 7. The number of ketones is 1. The smallest absolute Gasteiger partial charge is 0.244 e. The average molecular weight is 441 g/mol. The number of amides is 1. The lowest BCUT2D eigenvalue weighted by Gasteiger charge is -2.15. The van der Waals surface area contributed by atoms with E-state index >= 15 is 0 Å². The molecule has 2 aromatic carbocycles. The number of nitrogens with one attached hydrogen (secondary N) is 1. The molecule has 2 heterocycles. The third-order valence-electron chi connectivity index (χ3n) is 5.20. The van der Waals surface area contributed by atoms with E-state index in [-0.39, 0.29) is 23.4 Å². The van der Waals surface area contributed by atoms with Crippen molar-refractivity contribution in [1.29, 1.82) is 0 Å². The lowest BCUT2D eigenvalue weighted by molar-refractivity contribution is -0.116. The molecule has 0 radical (unpaired) electrons. The van der Waals surface area contributed by atoms with Crippen molar-refractivity contribution in [3.8, 4) is 5.75 Å². The molecule has 1 N–H and O–H groups in total. The number of benzene rings is 2. The van der Waals surface area contributed by atoms with Gasteiger partial charge in [0.1, 0.15) is 12.3 Å². The normalized spacial score (nSPS) is 10.7. The number of hydrogen-bond donors (Lipinski definition) is 1. The lowest BCUT2D eigenvalue weighted by Crippen LogP contribution is -2.24. The van der Waals surface area contributed by atoms with Gasteiger partial charge >= 0.3 is 0 Å².